The second-order valence-electron chi connectivity index (χ2n) is 6.74. The molecular formula is C21H22N6O4S. The molecule has 1 unspecified atom stereocenters. The van der Waals surface area contributed by atoms with Crippen molar-refractivity contribution in [2.24, 2.45) is 7.05 Å². The van der Waals surface area contributed by atoms with E-state index in [4.69, 9.17) is 4.74 Å². The Morgan fingerprint density at radius 3 is 2.44 bits per heavy atom. The molecule has 10 nitrogen and oxygen atoms in total. The number of hydrogen-bond donors (Lipinski definition) is 2. The zero-order valence-corrected chi connectivity index (χ0v) is 18.3. The van der Waals surface area contributed by atoms with E-state index in [0.29, 0.717) is 22.8 Å². The fourth-order valence-corrected chi connectivity index (χ4v) is 3.45. The first-order chi connectivity index (χ1) is 15.5. The van der Waals surface area contributed by atoms with E-state index >= 15 is 0 Å². The molecule has 166 valence electrons. The summed E-state index contributed by atoms with van der Waals surface area (Å²) in [6.45, 7) is 0. The largest absolute Gasteiger partial charge is 0.467 e. The number of rotatable bonds is 9. The number of aromatic nitrogens is 4. The van der Waals surface area contributed by atoms with Gasteiger partial charge in [0, 0.05) is 24.7 Å². The van der Waals surface area contributed by atoms with Gasteiger partial charge in [0.1, 0.15) is 6.04 Å². The lowest BCUT2D eigenvalue weighted by Gasteiger charge is -2.17. The number of methoxy groups -OCH3 is 1. The van der Waals surface area contributed by atoms with Crippen molar-refractivity contribution in [1.29, 1.82) is 0 Å². The molecule has 1 atom stereocenters. The number of thioether (sulfide) groups is 1. The smallest absolute Gasteiger partial charge is 0.328 e. The summed E-state index contributed by atoms with van der Waals surface area (Å²) in [5.74, 6) is -1.04. The standard InChI is InChI=1S/C21H22N6O4S/c1-27-21(24-25-26-27)32-13-18(28)22-16-10-8-15(9-11-16)19(29)23-17(20(30)31-2)12-14-6-4-3-5-7-14/h3-11,17H,12-13H2,1-2H3,(H,22,28)(H,23,29). The number of hydrogen-bond acceptors (Lipinski definition) is 8. The molecule has 0 fully saturated rings. The number of anilines is 1. The lowest BCUT2D eigenvalue weighted by molar-refractivity contribution is -0.142. The van der Waals surface area contributed by atoms with Gasteiger partial charge in [-0.3, -0.25) is 9.59 Å². The van der Waals surface area contributed by atoms with E-state index in [1.54, 1.807) is 31.3 Å². The van der Waals surface area contributed by atoms with Crippen molar-refractivity contribution in [3.63, 3.8) is 0 Å². The zero-order chi connectivity index (χ0) is 22.9. The third-order valence-electron chi connectivity index (χ3n) is 4.42. The molecule has 0 radical (unpaired) electrons. The minimum absolute atomic E-state index is 0.136. The van der Waals surface area contributed by atoms with Gasteiger partial charge in [-0.2, -0.15) is 0 Å². The highest BCUT2D eigenvalue weighted by atomic mass is 32.2. The molecule has 1 aromatic heterocycles. The topological polar surface area (TPSA) is 128 Å². The number of esters is 1. The molecule has 0 saturated carbocycles. The quantitative estimate of drug-likeness (QED) is 0.367. The highest BCUT2D eigenvalue weighted by Crippen LogP contribution is 2.15. The summed E-state index contributed by atoms with van der Waals surface area (Å²) in [6.07, 6.45) is 0.312. The van der Waals surface area contributed by atoms with Crippen LogP contribution in [0.1, 0.15) is 15.9 Å². The van der Waals surface area contributed by atoms with Crippen LogP contribution >= 0.6 is 11.8 Å². The molecule has 0 aliphatic rings. The molecule has 2 aromatic carbocycles. The maximum absolute atomic E-state index is 12.6. The summed E-state index contributed by atoms with van der Waals surface area (Å²) in [6, 6.07) is 14.9. The Kier molecular flexibility index (Phi) is 7.92. The number of carbonyl (C=O) groups is 3. The molecule has 2 N–H and O–H groups in total. The van der Waals surface area contributed by atoms with E-state index in [1.165, 1.54) is 23.6 Å². The van der Waals surface area contributed by atoms with E-state index in [-0.39, 0.29) is 11.7 Å². The second-order valence-corrected chi connectivity index (χ2v) is 7.68. The average molecular weight is 455 g/mol. The number of nitrogens with zero attached hydrogens (tertiary/aromatic N) is 4. The van der Waals surface area contributed by atoms with Crippen LogP contribution in [0.2, 0.25) is 0 Å². The first kappa shape index (κ1) is 22.9. The summed E-state index contributed by atoms with van der Waals surface area (Å²) in [4.78, 5) is 36.9. The van der Waals surface area contributed by atoms with Crippen molar-refractivity contribution in [3.05, 3.63) is 65.7 Å². The Bertz CT molecular complexity index is 1070. The molecule has 0 aliphatic heterocycles. The Morgan fingerprint density at radius 1 is 1.09 bits per heavy atom. The molecule has 2 amide bonds. The van der Waals surface area contributed by atoms with Crippen molar-refractivity contribution in [2.45, 2.75) is 17.6 Å². The van der Waals surface area contributed by atoms with E-state index in [1.807, 2.05) is 30.3 Å². The minimum Gasteiger partial charge on any atom is -0.467 e. The highest BCUT2D eigenvalue weighted by Gasteiger charge is 2.22. The summed E-state index contributed by atoms with van der Waals surface area (Å²) in [5.41, 5.74) is 1.79. The maximum atomic E-state index is 12.6. The number of nitrogens with one attached hydrogen (secondary N) is 2. The Hall–Kier alpha value is -3.73. The third-order valence-corrected chi connectivity index (χ3v) is 5.43. The van der Waals surface area contributed by atoms with Crippen molar-refractivity contribution in [3.8, 4) is 0 Å². The minimum atomic E-state index is -0.818. The highest BCUT2D eigenvalue weighted by molar-refractivity contribution is 7.99. The maximum Gasteiger partial charge on any atom is 0.328 e. The molecule has 3 aromatic rings. The van der Waals surface area contributed by atoms with Crippen LogP contribution < -0.4 is 10.6 Å². The molecule has 32 heavy (non-hydrogen) atoms. The van der Waals surface area contributed by atoms with Crippen LogP contribution in [0.3, 0.4) is 0 Å². The van der Waals surface area contributed by atoms with Gasteiger partial charge in [-0.25, -0.2) is 9.48 Å². The fraction of sp³-hybridized carbons (Fsp3) is 0.238. The summed E-state index contributed by atoms with van der Waals surface area (Å²) >= 11 is 1.21. The van der Waals surface area contributed by atoms with Gasteiger partial charge in [0.15, 0.2) is 0 Å². The Balaban J connectivity index is 1.56. The monoisotopic (exact) mass is 454 g/mol. The van der Waals surface area contributed by atoms with Gasteiger partial charge in [0.25, 0.3) is 5.91 Å². The lowest BCUT2D eigenvalue weighted by atomic mass is 10.1. The van der Waals surface area contributed by atoms with Crippen molar-refractivity contribution in [2.75, 3.05) is 18.2 Å². The van der Waals surface area contributed by atoms with Gasteiger partial charge in [0.05, 0.1) is 12.9 Å². The van der Waals surface area contributed by atoms with Crippen molar-refractivity contribution < 1.29 is 19.1 Å². The number of benzene rings is 2. The van der Waals surface area contributed by atoms with Crippen LogP contribution in [-0.2, 0) is 27.8 Å². The van der Waals surface area contributed by atoms with E-state index in [9.17, 15) is 14.4 Å². The van der Waals surface area contributed by atoms with Crippen molar-refractivity contribution in [1.82, 2.24) is 25.5 Å². The molecule has 0 bridgehead atoms. The number of ether oxygens (including phenoxy) is 1. The predicted octanol–water partition coefficient (Wildman–Crippen LogP) is 1.45. The summed E-state index contributed by atoms with van der Waals surface area (Å²) in [7, 11) is 2.97. The van der Waals surface area contributed by atoms with E-state index in [2.05, 4.69) is 26.2 Å². The van der Waals surface area contributed by atoms with Crippen LogP contribution in [0, 0.1) is 0 Å². The number of tetrazole rings is 1. The Morgan fingerprint density at radius 2 is 1.81 bits per heavy atom. The van der Waals surface area contributed by atoms with Gasteiger partial charge in [-0.15, -0.1) is 5.10 Å². The van der Waals surface area contributed by atoms with Crippen LogP contribution in [0.25, 0.3) is 0 Å². The molecule has 0 saturated heterocycles. The van der Waals surface area contributed by atoms with Crippen LogP contribution in [-0.4, -0.2) is 56.9 Å². The second kappa shape index (κ2) is 11.0. The average Bonchev–Trinajstić information content (AvgIpc) is 3.22. The number of aryl methyl sites for hydroxylation is 1. The van der Waals surface area contributed by atoms with E-state index < -0.39 is 17.9 Å². The van der Waals surface area contributed by atoms with Crippen LogP contribution in [0.5, 0.6) is 0 Å². The number of amides is 2. The fourth-order valence-electron chi connectivity index (χ4n) is 2.80. The first-order valence-corrected chi connectivity index (χ1v) is 10.6. The molecule has 0 spiro atoms. The van der Waals surface area contributed by atoms with Gasteiger partial charge < -0.3 is 15.4 Å². The SMILES string of the molecule is COC(=O)C(Cc1ccccc1)NC(=O)c1ccc(NC(=O)CSc2nnnn2C)cc1. The van der Waals surface area contributed by atoms with E-state index in [0.717, 1.165) is 5.56 Å². The lowest BCUT2D eigenvalue weighted by Crippen LogP contribution is -2.43. The molecular weight excluding hydrogens is 432 g/mol. The summed E-state index contributed by atoms with van der Waals surface area (Å²) in [5, 5.41) is 17.0. The molecule has 0 aliphatic carbocycles. The van der Waals surface area contributed by atoms with Gasteiger partial charge in [-0.1, -0.05) is 42.1 Å². The van der Waals surface area contributed by atoms with Crippen LogP contribution in [0.15, 0.2) is 59.8 Å². The van der Waals surface area contributed by atoms with Gasteiger partial charge >= 0.3 is 5.97 Å². The first-order valence-electron chi connectivity index (χ1n) is 9.64. The van der Waals surface area contributed by atoms with Gasteiger partial charge in [0.2, 0.25) is 11.1 Å². The molecule has 1 heterocycles. The van der Waals surface area contributed by atoms with Crippen molar-refractivity contribution >= 4 is 35.2 Å². The van der Waals surface area contributed by atoms with Crippen LogP contribution in [0.4, 0.5) is 5.69 Å². The molecule has 3 rings (SSSR count). The molecule has 11 heteroatoms. The van der Waals surface area contributed by atoms with Gasteiger partial charge in [-0.05, 0) is 40.3 Å². The summed E-state index contributed by atoms with van der Waals surface area (Å²) < 4.78 is 6.30. The zero-order valence-electron chi connectivity index (χ0n) is 17.5. The Labute approximate surface area is 188 Å². The number of carbonyl (C=O) groups excluding carboxylic acids is 3. The predicted molar refractivity (Wildman–Crippen MR) is 118 cm³/mol. The normalized spacial score (nSPS) is 11.4. The third kappa shape index (κ3) is 6.38.